The fraction of sp³-hybridized carbons (Fsp3) is 0.500. The third kappa shape index (κ3) is 2.95. The van der Waals surface area contributed by atoms with Crippen molar-refractivity contribution in [3.05, 3.63) is 29.3 Å². The SMILES string of the molecule is Cc1ccc(NC(=O)C2(C)CCCN2)cc1C(F)(F)F. The third-order valence-corrected chi connectivity index (χ3v) is 3.67. The van der Waals surface area contributed by atoms with Crippen LogP contribution >= 0.6 is 0 Å². The zero-order chi connectivity index (χ0) is 15.0. The standard InChI is InChI=1S/C14H17F3N2O/c1-9-4-5-10(8-11(9)14(15,16)17)19-12(20)13(2)6-3-7-18-13/h4-5,8,18H,3,6-7H2,1-2H3,(H,19,20). The number of halogens is 3. The fourth-order valence-corrected chi connectivity index (χ4v) is 2.36. The van der Waals surface area contributed by atoms with Crippen LogP contribution in [0.15, 0.2) is 18.2 Å². The second kappa shape index (κ2) is 5.09. The first-order valence-corrected chi connectivity index (χ1v) is 6.47. The van der Waals surface area contributed by atoms with Crippen molar-refractivity contribution in [2.24, 2.45) is 0 Å². The van der Waals surface area contributed by atoms with Gasteiger partial charge >= 0.3 is 6.18 Å². The molecule has 2 N–H and O–H groups in total. The van der Waals surface area contributed by atoms with Crippen molar-refractivity contribution in [2.45, 2.75) is 38.4 Å². The second-order valence-electron chi connectivity index (χ2n) is 5.34. The van der Waals surface area contributed by atoms with Crippen molar-refractivity contribution in [1.29, 1.82) is 0 Å². The van der Waals surface area contributed by atoms with Gasteiger partial charge < -0.3 is 10.6 Å². The maximum absolute atomic E-state index is 12.8. The lowest BCUT2D eigenvalue weighted by atomic mass is 9.99. The Morgan fingerprint density at radius 1 is 1.40 bits per heavy atom. The molecule has 0 spiro atoms. The van der Waals surface area contributed by atoms with Gasteiger partial charge in [-0.1, -0.05) is 6.07 Å². The van der Waals surface area contributed by atoms with Gasteiger partial charge in [0.05, 0.1) is 11.1 Å². The molecule has 1 aromatic rings. The molecule has 0 bridgehead atoms. The largest absolute Gasteiger partial charge is 0.416 e. The number of alkyl halides is 3. The maximum atomic E-state index is 12.8. The minimum absolute atomic E-state index is 0.140. The highest BCUT2D eigenvalue weighted by Crippen LogP contribution is 2.33. The van der Waals surface area contributed by atoms with Crippen LogP contribution in [-0.2, 0) is 11.0 Å². The van der Waals surface area contributed by atoms with Crippen molar-refractivity contribution in [1.82, 2.24) is 5.32 Å². The summed E-state index contributed by atoms with van der Waals surface area (Å²) in [6.07, 6.45) is -2.86. The van der Waals surface area contributed by atoms with Gasteiger partial charge in [-0.25, -0.2) is 0 Å². The van der Waals surface area contributed by atoms with Crippen molar-refractivity contribution < 1.29 is 18.0 Å². The Bertz CT molecular complexity index is 520. The van der Waals surface area contributed by atoms with Crippen LogP contribution in [0.25, 0.3) is 0 Å². The molecule has 1 aromatic carbocycles. The molecule has 1 fully saturated rings. The zero-order valence-electron chi connectivity index (χ0n) is 11.4. The van der Waals surface area contributed by atoms with E-state index < -0.39 is 17.3 Å². The topological polar surface area (TPSA) is 41.1 Å². The van der Waals surface area contributed by atoms with Crippen LogP contribution in [-0.4, -0.2) is 18.0 Å². The minimum Gasteiger partial charge on any atom is -0.324 e. The van der Waals surface area contributed by atoms with E-state index in [2.05, 4.69) is 10.6 Å². The summed E-state index contributed by atoms with van der Waals surface area (Å²) in [5, 5.41) is 5.64. The molecule has 0 saturated carbocycles. The number of carbonyl (C=O) groups excluding carboxylic acids is 1. The highest BCUT2D eigenvalue weighted by Gasteiger charge is 2.36. The summed E-state index contributed by atoms with van der Waals surface area (Å²) in [5.74, 6) is -0.299. The van der Waals surface area contributed by atoms with Crippen LogP contribution in [0, 0.1) is 6.92 Å². The fourth-order valence-electron chi connectivity index (χ4n) is 2.36. The number of nitrogens with one attached hydrogen (secondary N) is 2. The number of anilines is 1. The summed E-state index contributed by atoms with van der Waals surface area (Å²) in [6, 6.07) is 3.83. The average molecular weight is 286 g/mol. The van der Waals surface area contributed by atoms with E-state index in [9.17, 15) is 18.0 Å². The predicted molar refractivity (Wildman–Crippen MR) is 70.5 cm³/mol. The number of aryl methyl sites for hydroxylation is 1. The molecular weight excluding hydrogens is 269 g/mol. The normalized spacial score (nSPS) is 22.9. The molecule has 0 aromatic heterocycles. The van der Waals surface area contributed by atoms with Crippen LogP contribution in [0.1, 0.15) is 30.9 Å². The Labute approximate surface area is 115 Å². The van der Waals surface area contributed by atoms with Crippen molar-refractivity contribution >= 4 is 11.6 Å². The molecule has 1 unspecified atom stereocenters. The monoisotopic (exact) mass is 286 g/mol. The lowest BCUT2D eigenvalue weighted by molar-refractivity contribution is -0.138. The van der Waals surface area contributed by atoms with Gasteiger partial charge in [0, 0.05) is 5.69 Å². The Morgan fingerprint density at radius 2 is 2.10 bits per heavy atom. The second-order valence-corrected chi connectivity index (χ2v) is 5.34. The first kappa shape index (κ1) is 14.8. The molecule has 6 heteroatoms. The molecule has 1 atom stereocenters. The van der Waals surface area contributed by atoms with E-state index in [0.717, 1.165) is 19.0 Å². The summed E-state index contributed by atoms with van der Waals surface area (Å²) < 4.78 is 38.5. The number of hydrogen-bond donors (Lipinski definition) is 2. The van der Waals surface area contributed by atoms with Gasteiger partial charge in [0.15, 0.2) is 0 Å². The lowest BCUT2D eigenvalue weighted by Crippen LogP contribution is -2.47. The number of carbonyl (C=O) groups is 1. The Balaban J connectivity index is 2.20. The van der Waals surface area contributed by atoms with Gasteiger partial charge in [-0.3, -0.25) is 4.79 Å². The van der Waals surface area contributed by atoms with E-state index in [-0.39, 0.29) is 17.2 Å². The van der Waals surface area contributed by atoms with E-state index >= 15 is 0 Å². The van der Waals surface area contributed by atoms with E-state index in [1.165, 1.54) is 19.1 Å². The van der Waals surface area contributed by atoms with E-state index in [1.807, 2.05) is 0 Å². The molecule has 0 radical (unpaired) electrons. The molecular formula is C14H17F3N2O. The number of rotatable bonds is 2. The first-order valence-electron chi connectivity index (χ1n) is 6.47. The van der Waals surface area contributed by atoms with Gasteiger partial charge in [-0.15, -0.1) is 0 Å². The molecule has 1 saturated heterocycles. The average Bonchev–Trinajstić information content (AvgIpc) is 2.78. The predicted octanol–water partition coefficient (Wildman–Crippen LogP) is 3.09. The molecule has 1 amide bonds. The molecule has 1 aliphatic heterocycles. The minimum atomic E-state index is -4.42. The number of hydrogen-bond acceptors (Lipinski definition) is 2. The van der Waals surface area contributed by atoms with Gasteiger partial charge in [0.1, 0.15) is 0 Å². The summed E-state index contributed by atoms with van der Waals surface area (Å²) in [4.78, 5) is 12.1. The molecule has 20 heavy (non-hydrogen) atoms. The van der Waals surface area contributed by atoms with E-state index in [4.69, 9.17) is 0 Å². The summed E-state index contributed by atoms with van der Waals surface area (Å²) >= 11 is 0. The van der Waals surface area contributed by atoms with Crippen molar-refractivity contribution in [2.75, 3.05) is 11.9 Å². The number of amides is 1. The Hall–Kier alpha value is -1.56. The lowest BCUT2D eigenvalue weighted by Gasteiger charge is -2.23. The first-order chi connectivity index (χ1) is 9.22. The van der Waals surface area contributed by atoms with Gasteiger partial charge in [-0.2, -0.15) is 13.2 Å². The van der Waals surface area contributed by atoms with Crippen molar-refractivity contribution in [3.63, 3.8) is 0 Å². The number of benzene rings is 1. The smallest absolute Gasteiger partial charge is 0.324 e. The summed E-state index contributed by atoms with van der Waals surface area (Å²) in [5.41, 5.74) is -1.12. The van der Waals surface area contributed by atoms with Crippen LogP contribution in [0.2, 0.25) is 0 Å². The van der Waals surface area contributed by atoms with Gasteiger partial charge in [0.25, 0.3) is 0 Å². The summed E-state index contributed by atoms with van der Waals surface area (Å²) in [7, 11) is 0. The zero-order valence-corrected chi connectivity index (χ0v) is 11.4. The molecule has 0 aliphatic carbocycles. The highest BCUT2D eigenvalue weighted by molar-refractivity contribution is 5.98. The van der Waals surface area contributed by atoms with E-state index in [1.54, 1.807) is 6.92 Å². The molecule has 3 nitrogen and oxygen atoms in total. The molecule has 110 valence electrons. The van der Waals surface area contributed by atoms with Crippen molar-refractivity contribution in [3.8, 4) is 0 Å². The van der Waals surface area contributed by atoms with Crippen LogP contribution < -0.4 is 10.6 Å². The van der Waals surface area contributed by atoms with Crippen LogP contribution in [0.5, 0.6) is 0 Å². The summed E-state index contributed by atoms with van der Waals surface area (Å²) in [6.45, 7) is 3.90. The highest BCUT2D eigenvalue weighted by atomic mass is 19.4. The quantitative estimate of drug-likeness (QED) is 0.877. The maximum Gasteiger partial charge on any atom is 0.416 e. The van der Waals surface area contributed by atoms with Gasteiger partial charge in [-0.05, 0) is 50.9 Å². The van der Waals surface area contributed by atoms with Gasteiger partial charge in [0.2, 0.25) is 5.91 Å². The van der Waals surface area contributed by atoms with Crippen LogP contribution in [0.3, 0.4) is 0 Å². The van der Waals surface area contributed by atoms with Crippen LogP contribution in [0.4, 0.5) is 18.9 Å². The van der Waals surface area contributed by atoms with E-state index in [0.29, 0.717) is 6.42 Å². The Morgan fingerprint density at radius 3 is 2.65 bits per heavy atom. The molecule has 2 rings (SSSR count). The Kier molecular flexibility index (Phi) is 3.77. The molecule has 1 aliphatic rings. The molecule has 1 heterocycles. The third-order valence-electron chi connectivity index (χ3n) is 3.67.